The molecule has 0 saturated carbocycles. The van der Waals surface area contributed by atoms with E-state index in [1.807, 2.05) is 30.3 Å². The lowest BCUT2D eigenvalue weighted by atomic mass is 10.0. The van der Waals surface area contributed by atoms with Crippen LogP contribution in [0.25, 0.3) is 10.9 Å². The summed E-state index contributed by atoms with van der Waals surface area (Å²) in [6, 6.07) is 16.9. The van der Waals surface area contributed by atoms with Gasteiger partial charge in [0.15, 0.2) is 6.04 Å². The summed E-state index contributed by atoms with van der Waals surface area (Å²) in [4.78, 5) is 28.1. The number of carboxylic acid groups (broad SMARTS) is 1. The van der Waals surface area contributed by atoms with Crippen LogP contribution in [0, 0.1) is 0 Å². The van der Waals surface area contributed by atoms with Gasteiger partial charge in [-0.05, 0) is 17.2 Å². The van der Waals surface area contributed by atoms with Gasteiger partial charge < -0.3 is 10.4 Å². The Morgan fingerprint density at radius 2 is 1.75 bits per heavy atom. The molecule has 1 atom stereocenters. The van der Waals surface area contributed by atoms with Gasteiger partial charge in [0.1, 0.15) is 0 Å². The molecule has 2 aromatic carbocycles. The average Bonchev–Trinajstić information content (AvgIpc) is 2.60. The zero-order chi connectivity index (χ0) is 16.9. The lowest BCUT2D eigenvalue weighted by Crippen LogP contribution is -2.34. The maximum atomic E-state index is 12.3. The summed E-state index contributed by atoms with van der Waals surface area (Å²) < 4.78 is 0. The highest BCUT2D eigenvalue weighted by atomic mass is 16.4. The summed E-state index contributed by atoms with van der Waals surface area (Å²) in [5, 5.41) is 12.9. The Morgan fingerprint density at radius 3 is 2.50 bits per heavy atom. The van der Waals surface area contributed by atoms with Crippen LogP contribution in [-0.4, -0.2) is 22.0 Å². The van der Waals surface area contributed by atoms with E-state index in [4.69, 9.17) is 0 Å². The largest absolute Gasteiger partial charge is 0.479 e. The van der Waals surface area contributed by atoms with Gasteiger partial charge in [-0.15, -0.1) is 0 Å². The van der Waals surface area contributed by atoms with E-state index < -0.39 is 12.0 Å². The summed E-state index contributed by atoms with van der Waals surface area (Å²) in [7, 11) is 0. The minimum atomic E-state index is -1.09. The van der Waals surface area contributed by atoms with Crippen molar-refractivity contribution in [2.75, 3.05) is 0 Å². The third-order valence-corrected chi connectivity index (χ3v) is 3.75. The molecule has 0 aliphatic rings. The van der Waals surface area contributed by atoms with Crippen molar-refractivity contribution in [3.05, 3.63) is 78.0 Å². The van der Waals surface area contributed by atoms with E-state index in [0.717, 1.165) is 16.5 Å². The number of nitrogens with one attached hydrogen (secondary N) is 1. The summed E-state index contributed by atoms with van der Waals surface area (Å²) in [6.07, 6.45) is 1.75. The molecule has 0 bridgehead atoms. The molecule has 0 aliphatic carbocycles. The first-order valence-electron chi connectivity index (χ1n) is 7.55. The van der Waals surface area contributed by atoms with Gasteiger partial charge in [-0.2, -0.15) is 0 Å². The number of carbonyl (C=O) groups excluding carboxylic acids is 1. The van der Waals surface area contributed by atoms with Crippen molar-refractivity contribution in [1.29, 1.82) is 0 Å². The highest BCUT2D eigenvalue weighted by Crippen LogP contribution is 2.17. The van der Waals surface area contributed by atoms with E-state index >= 15 is 0 Å². The quantitative estimate of drug-likeness (QED) is 0.757. The topological polar surface area (TPSA) is 79.3 Å². The molecule has 1 heterocycles. The smallest absolute Gasteiger partial charge is 0.330 e. The molecule has 1 aromatic heterocycles. The van der Waals surface area contributed by atoms with Crippen LogP contribution in [0.15, 0.2) is 66.9 Å². The number of amides is 1. The van der Waals surface area contributed by atoms with E-state index in [2.05, 4.69) is 10.3 Å². The van der Waals surface area contributed by atoms with Crippen LogP contribution in [0.2, 0.25) is 0 Å². The summed E-state index contributed by atoms with van der Waals surface area (Å²) >= 11 is 0. The second-order valence-corrected chi connectivity index (χ2v) is 5.42. The Hall–Kier alpha value is -3.21. The number of pyridine rings is 1. The second kappa shape index (κ2) is 6.91. The number of nitrogens with zero attached hydrogens (tertiary/aromatic N) is 1. The van der Waals surface area contributed by atoms with Crippen molar-refractivity contribution in [3.8, 4) is 0 Å². The molecule has 24 heavy (non-hydrogen) atoms. The molecule has 3 rings (SSSR count). The van der Waals surface area contributed by atoms with E-state index in [-0.39, 0.29) is 12.3 Å². The van der Waals surface area contributed by atoms with Crippen molar-refractivity contribution in [3.63, 3.8) is 0 Å². The van der Waals surface area contributed by atoms with Crippen molar-refractivity contribution in [1.82, 2.24) is 10.3 Å². The molecule has 0 spiro atoms. The van der Waals surface area contributed by atoms with Crippen molar-refractivity contribution in [2.24, 2.45) is 0 Å². The van der Waals surface area contributed by atoms with Crippen LogP contribution in [0.1, 0.15) is 17.2 Å². The van der Waals surface area contributed by atoms with Crippen LogP contribution in [0.5, 0.6) is 0 Å². The van der Waals surface area contributed by atoms with Crippen molar-refractivity contribution in [2.45, 2.75) is 12.5 Å². The molecule has 5 nitrogen and oxygen atoms in total. The molecule has 0 aliphatic heterocycles. The number of benzene rings is 2. The standard InChI is InChI=1S/C19H16N2O3/c22-16(21-18(19(23)24)14-6-2-1-3-7-14)12-15-9-4-8-13-10-5-11-20-17(13)15/h1-11,18H,12H2,(H,21,22)(H,23,24). The molecule has 3 aromatic rings. The summed E-state index contributed by atoms with van der Waals surface area (Å²) in [5.74, 6) is -1.45. The van der Waals surface area contributed by atoms with E-state index in [1.54, 1.807) is 36.5 Å². The van der Waals surface area contributed by atoms with Gasteiger partial charge in [0, 0.05) is 11.6 Å². The highest BCUT2D eigenvalue weighted by Gasteiger charge is 2.22. The second-order valence-electron chi connectivity index (χ2n) is 5.42. The number of fused-ring (bicyclic) bond motifs is 1. The van der Waals surface area contributed by atoms with Gasteiger partial charge in [-0.25, -0.2) is 4.79 Å². The zero-order valence-electron chi connectivity index (χ0n) is 12.8. The third-order valence-electron chi connectivity index (χ3n) is 3.75. The maximum Gasteiger partial charge on any atom is 0.330 e. The molecule has 1 amide bonds. The number of hydrogen-bond donors (Lipinski definition) is 2. The van der Waals surface area contributed by atoms with Gasteiger partial charge in [-0.1, -0.05) is 54.6 Å². The monoisotopic (exact) mass is 320 g/mol. The zero-order valence-corrected chi connectivity index (χ0v) is 12.8. The Kier molecular flexibility index (Phi) is 4.52. The minimum absolute atomic E-state index is 0.0744. The molecule has 120 valence electrons. The predicted octanol–water partition coefficient (Wildman–Crippen LogP) is 2.72. The van der Waals surface area contributed by atoms with Crippen LogP contribution >= 0.6 is 0 Å². The normalized spacial score (nSPS) is 11.8. The first kappa shape index (κ1) is 15.7. The van der Waals surface area contributed by atoms with Gasteiger partial charge in [0.2, 0.25) is 5.91 Å². The minimum Gasteiger partial charge on any atom is -0.479 e. The maximum absolute atomic E-state index is 12.3. The lowest BCUT2D eigenvalue weighted by molar-refractivity contribution is -0.141. The number of rotatable bonds is 5. The number of hydrogen-bond acceptors (Lipinski definition) is 3. The fourth-order valence-corrected chi connectivity index (χ4v) is 2.63. The SMILES string of the molecule is O=C(Cc1cccc2cccnc12)NC(C(=O)O)c1ccccc1. The summed E-state index contributed by atoms with van der Waals surface area (Å²) in [6.45, 7) is 0. The Morgan fingerprint density at radius 1 is 1.00 bits per heavy atom. The highest BCUT2D eigenvalue weighted by molar-refractivity contribution is 5.90. The molecule has 0 fully saturated rings. The average molecular weight is 320 g/mol. The van der Waals surface area contributed by atoms with Gasteiger partial charge in [-0.3, -0.25) is 9.78 Å². The molecule has 1 unspecified atom stereocenters. The lowest BCUT2D eigenvalue weighted by Gasteiger charge is -2.15. The van der Waals surface area contributed by atoms with E-state index in [9.17, 15) is 14.7 Å². The van der Waals surface area contributed by atoms with Crippen LogP contribution in [0.4, 0.5) is 0 Å². The fourth-order valence-electron chi connectivity index (χ4n) is 2.63. The molecule has 5 heteroatoms. The van der Waals surface area contributed by atoms with Crippen LogP contribution < -0.4 is 5.32 Å². The van der Waals surface area contributed by atoms with E-state index in [1.165, 1.54) is 0 Å². The third kappa shape index (κ3) is 3.41. The Balaban J connectivity index is 1.80. The van der Waals surface area contributed by atoms with Crippen molar-refractivity contribution >= 4 is 22.8 Å². The van der Waals surface area contributed by atoms with Crippen molar-refractivity contribution < 1.29 is 14.7 Å². The fraction of sp³-hybridized carbons (Fsp3) is 0.105. The van der Waals surface area contributed by atoms with Gasteiger partial charge in [0.25, 0.3) is 0 Å². The molecule has 0 radical (unpaired) electrons. The predicted molar refractivity (Wildman–Crippen MR) is 90.4 cm³/mol. The first-order chi connectivity index (χ1) is 11.6. The van der Waals surface area contributed by atoms with Gasteiger partial charge in [0.05, 0.1) is 11.9 Å². The number of aliphatic carboxylic acids is 1. The van der Waals surface area contributed by atoms with Crippen LogP contribution in [-0.2, 0) is 16.0 Å². The number of para-hydroxylation sites is 1. The van der Waals surface area contributed by atoms with Crippen LogP contribution in [0.3, 0.4) is 0 Å². The summed E-state index contributed by atoms with van der Waals surface area (Å²) in [5.41, 5.74) is 2.05. The molecular formula is C19H16N2O3. The molecular weight excluding hydrogens is 304 g/mol. The molecule has 2 N–H and O–H groups in total. The van der Waals surface area contributed by atoms with E-state index in [0.29, 0.717) is 5.56 Å². The number of carboxylic acids is 1. The van der Waals surface area contributed by atoms with Gasteiger partial charge >= 0.3 is 5.97 Å². The molecule has 0 saturated heterocycles. The number of carbonyl (C=O) groups is 2. The Bertz CT molecular complexity index is 873. The number of aromatic nitrogens is 1. The Labute approximate surface area is 139 Å². The first-order valence-corrected chi connectivity index (χ1v) is 7.55.